The summed E-state index contributed by atoms with van der Waals surface area (Å²) in [6, 6.07) is -1.16. The lowest BCUT2D eigenvalue weighted by Gasteiger charge is -2.43. The molecule has 0 bridgehead atoms. The van der Waals surface area contributed by atoms with Crippen molar-refractivity contribution in [2.24, 2.45) is 0 Å². The lowest BCUT2D eigenvalue weighted by molar-refractivity contribution is -0.394. The van der Waals surface area contributed by atoms with Gasteiger partial charge in [-0.25, -0.2) is 8.42 Å². The van der Waals surface area contributed by atoms with Crippen molar-refractivity contribution in [2.75, 3.05) is 0 Å². The number of aliphatic hydroxyl groups is 2. The van der Waals surface area contributed by atoms with E-state index in [1.807, 2.05) is 0 Å². The number of ether oxygens (including phenoxy) is 1. The summed E-state index contributed by atoms with van der Waals surface area (Å²) in [5.74, 6) is -8.72. The van der Waals surface area contributed by atoms with Gasteiger partial charge in [-0.2, -0.15) is 65.9 Å². The van der Waals surface area contributed by atoms with E-state index < -0.39 is 86.0 Å². The summed E-state index contributed by atoms with van der Waals surface area (Å²) in [5.41, 5.74) is -20.9. The minimum Gasteiger partial charge on any atom is -0.744 e. The molecule has 0 aromatic heterocycles. The SMILES string of the molecule is O=S(=O)([O-])c1ccc(OC(=C(C(O)(C(F)(F)F)C(F)(F)F)C(O)(C(F)(F)F)C(F)(F)F)C(F)(F)F)cc1O. The maximum Gasteiger partial charge on any atom is 0.449 e. The molecule has 0 saturated heterocycles. The molecule has 0 aliphatic heterocycles. The minimum atomic E-state index is -7.91. The first-order valence-electron chi connectivity index (χ1n) is 8.36. The summed E-state index contributed by atoms with van der Waals surface area (Å²) >= 11 is 0. The molecule has 7 nitrogen and oxygen atoms in total. The van der Waals surface area contributed by atoms with Gasteiger partial charge in [0, 0.05) is 6.07 Å². The predicted octanol–water partition coefficient (Wildman–Crippen LogP) is 4.20. The van der Waals surface area contributed by atoms with Gasteiger partial charge in [0.1, 0.15) is 21.6 Å². The maximum absolute atomic E-state index is 13.6. The Labute approximate surface area is 198 Å². The van der Waals surface area contributed by atoms with E-state index in [2.05, 4.69) is 4.74 Å². The molecule has 0 fully saturated rings. The van der Waals surface area contributed by atoms with Crippen LogP contribution in [-0.4, -0.2) is 70.4 Å². The Balaban J connectivity index is 4.52. The maximum atomic E-state index is 13.6. The molecule has 1 rings (SSSR count). The fraction of sp³-hybridized carbons (Fsp3) is 0.467. The van der Waals surface area contributed by atoms with Crippen LogP contribution in [-0.2, 0) is 10.1 Å². The molecule has 0 spiro atoms. The molecule has 220 valence electrons. The van der Waals surface area contributed by atoms with Gasteiger partial charge in [-0.15, -0.1) is 0 Å². The van der Waals surface area contributed by atoms with Crippen LogP contribution in [0.25, 0.3) is 0 Å². The Morgan fingerprint density at radius 2 is 1.05 bits per heavy atom. The topological polar surface area (TPSA) is 127 Å². The van der Waals surface area contributed by atoms with E-state index in [0.29, 0.717) is 0 Å². The number of phenolic OH excluding ortho intramolecular Hbond substituents is 1. The number of benzene rings is 1. The van der Waals surface area contributed by atoms with Gasteiger partial charge in [0.25, 0.3) is 11.2 Å². The second-order valence-corrected chi connectivity index (χ2v) is 8.15. The van der Waals surface area contributed by atoms with E-state index in [9.17, 15) is 94.1 Å². The molecule has 0 aliphatic rings. The highest BCUT2D eigenvalue weighted by atomic mass is 32.2. The molecule has 0 saturated carbocycles. The predicted molar refractivity (Wildman–Crippen MR) is 83.9 cm³/mol. The summed E-state index contributed by atoms with van der Waals surface area (Å²) in [7, 11) is -5.71. The summed E-state index contributed by atoms with van der Waals surface area (Å²) in [6.45, 7) is 0. The number of rotatable bonds is 5. The van der Waals surface area contributed by atoms with Gasteiger partial charge >= 0.3 is 30.9 Å². The van der Waals surface area contributed by atoms with Gasteiger partial charge in [0.05, 0.1) is 10.5 Å². The first-order chi connectivity index (χ1) is 16.3. The number of phenols is 1. The summed E-state index contributed by atoms with van der Waals surface area (Å²) in [6.07, 6.45) is -38.9. The molecule has 23 heteroatoms. The molecule has 0 heterocycles. The second kappa shape index (κ2) is 9.22. The smallest absolute Gasteiger partial charge is 0.449 e. The van der Waals surface area contributed by atoms with Gasteiger partial charge in [-0.1, -0.05) is 0 Å². The van der Waals surface area contributed by atoms with Crippen molar-refractivity contribution in [3.05, 3.63) is 29.5 Å². The van der Waals surface area contributed by atoms with Crippen molar-refractivity contribution in [3.8, 4) is 11.5 Å². The van der Waals surface area contributed by atoms with Crippen molar-refractivity contribution >= 4 is 10.1 Å². The molecular weight excluding hydrogens is 609 g/mol. The molecule has 0 unspecified atom stereocenters. The standard InChI is InChI=1S/C15H7F15O7S/c16-11(17,18)8(37-4-1-2-6(5(31)3-4)38(34,35)36)7(9(32,12(19,20)21)13(22,23)24)10(33,14(25,26)27)15(28,29)30/h1-3,31-33H,(H,34,35,36)/p-1. The van der Waals surface area contributed by atoms with E-state index in [0.717, 1.165) is 0 Å². The van der Waals surface area contributed by atoms with Crippen LogP contribution >= 0.6 is 0 Å². The van der Waals surface area contributed by atoms with E-state index in [1.54, 1.807) is 0 Å². The molecule has 0 atom stereocenters. The van der Waals surface area contributed by atoms with Crippen molar-refractivity contribution in [3.63, 3.8) is 0 Å². The Hall–Kier alpha value is -2.66. The second-order valence-electron chi connectivity index (χ2n) is 6.80. The van der Waals surface area contributed by atoms with Crippen LogP contribution in [0.3, 0.4) is 0 Å². The van der Waals surface area contributed by atoms with E-state index in [4.69, 9.17) is 0 Å². The molecule has 0 radical (unpaired) electrons. The van der Waals surface area contributed by atoms with Crippen LogP contribution in [0.15, 0.2) is 34.4 Å². The average molecular weight is 615 g/mol. The normalized spacial score (nSPS) is 14.9. The Kier molecular flexibility index (Phi) is 8.10. The molecule has 3 N–H and O–H groups in total. The third-order valence-corrected chi connectivity index (χ3v) is 5.15. The highest BCUT2D eigenvalue weighted by Crippen LogP contribution is 2.59. The number of allylic oxidation sites excluding steroid dienone is 1. The fourth-order valence-corrected chi connectivity index (χ4v) is 3.17. The number of aromatic hydroxyl groups is 1. The molecule has 38 heavy (non-hydrogen) atoms. The lowest BCUT2D eigenvalue weighted by atomic mass is 9.77. The van der Waals surface area contributed by atoms with Crippen LogP contribution in [0.4, 0.5) is 65.9 Å². The number of halogens is 15. The monoisotopic (exact) mass is 615 g/mol. The Morgan fingerprint density at radius 1 is 0.711 bits per heavy atom. The molecule has 1 aromatic rings. The van der Waals surface area contributed by atoms with Crippen LogP contribution in [0.1, 0.15) is 0 Å². The van der Waals surface area contributed by atoms with Crippen LogP contribution < -0.4 is 4.74 Å². The first-order valence-corrected chi connectivity index (χ1v) is 9.76. The van der Waals surface area contributed by atoms with Gasteiger partial charge in [0.2, 0.25) is 5.76 Å². The Bertz CT molecular complexity index is 1120. The molecule has 0 amide bonds. The third-order valence-electron chi connectivity index (χ3n) is 4.27. The van der Waals surface area contributed by atoms with Crippen LogP contribution in [0.5, 0.6) is 11.5 Å². The van der Waals surface area contributed by atoms with Crippen LogP contribution in [0, 0.1) is 0 Å². The van der Waals surface area contributed by atoms with Gasteiger partial charge < -0.3 is 24.6 Å². The largest absolute Gasteiger partial charge is 0.744 e. The summed E-state index contributed by atoms with van der Waals surface area (Å²) < 4.78 is 236. The van der Waals surface area contributed by atoms with Crippen molar-refractivity contribution < 1.29 is 98.9 Å². The van der Waals surface area contributed by atoms with E-state index in [1.165, 1.54) is 0 Å². The summed E-state index contributed by atoms with van der Waals surface area (Å²) in [4.78, 5) is -1.76. The zero-order valence-corrected chi connectivity index (χ0v) is 17.6. The highest BCUT2D eigenvalue weighted by Gasteiger charge is 2.85. The van der Waals surface area contributed by atoms with E-state index in [-0.39, 0.29) is 12.1 Å². The van der Waals surface area contributed by atoms with Gasteiger partial charge in [-0.05, 0) is 12.1 Å². The fourth-order valence-electron chi connectivity index (χ4n) is 2.62. The quantitative estimate of drug-likeness (QED) is 0.258. The highest BCUT2D eigenvalue weighted by molar-refractivity contribution is 7.85. The minimum absolute atomic E-state index is 0.264. The third kappa shape index (κ3) is 5.68. The number of alkyl halides is 15. The van der Waals surface area contributed by atoms with Gasteiger partial charge in [-0.3, -0.25) is 0 Å². The lowest BCUT2D eigenvalue weighted by Crippen LogP contribution is -2.70. The number of hydrogen-bond acceptors (Lipinski definition) is 7. The van der Waals surface area contributed by atoms with Crippen molar-refractivity contribution in [1.82, 2.24) is 0 Å². The zero-order valence-electron chi connectivity index (χ0n) is 16.8. The first kappa shape index (κ1) is 33.4. The van der Waals surface area contributed by atoms with Gasteiger partial charge in [0.15, 0.2) is 0 Å². The van der Waals surface area contributed by atoms with Crippen molar-refractivity contribution in [2.45, 2.75) is 47.0 Å². The zero-order chi connectivity index (χ0) is 30.7. The van der Waals surface area contributed by atoms with Crippen LogP contribution in [0.2, 0.25) is 0 Å². The summed E-state index contributed by atoms with van der Waals surface area (Å²) in [5, 5.41) is 27.8. The average Bonchev–Trinajstić information content (AvgIpc) is 2.61. The Morgan fingerprint density at radius 3 is 1.29 bits per heavy atom. The molecule has 1 aromatic carbocycles. The van der Waals surface area contributed by atoms with Crippen molar-refractivity contribution in [1.29, 1.82) is 0 Å². The van der Waals surface area contributed by atoms with E-state index >= 15 is 0 Å². The molecular formula is C15H6F15O7S-. The number of hydrogen-bond donors (Lipinski definition) is 3. The molecule has 0 aliphatic carbocycles.